The lowest BCUT2D eigenvalue weighted by Gasteiger charge is -2.26. The van der Waals surface area contributed by atoms with Gasteiger partial charge in [0.25, 0.3) is 0 Å². The van der Waals surface area contributed by atoms with Crippen molar-refractivity contribution in [2.24, 2.45) is 7.05 Å². The van der Waals surface area contributed by atoms with Gasteiger partial charge >= 0.3 is 11.4 Å². The third kappa shape index (κ3) is 3.31. The van der Waals surface area contributed by atoms with Gasteiger partial charge in [-0.05, 0) is 5.56 Å². The van der Waals surface area contributed by atoms with E-state index in [9.17, 15) is 9.59 Å². The minimum atomic E-state index is -0.390. The van der Waals surface area contributed by atoms with Crippen LogP contribution in [0.5, 0.6) is 0 Å². The van der Waals surface area contributed by atoms with Crippen LogP contribution in [-0.2, 0) is 24.9 Å². The van der Waals surface area contributed by atoms with Gasteiger partial charge in [-0.1, -0.05) is 30.3 Å². The second kappa shape index (κ2) is 7.67. The quantitative estimate of drug-likeness (QED) is 0.459. The largest absolute Gasteiger partial charge is 0.379 e. The molecule has 4 heterocycles. The fraction of sp³-hybridized carbons (Fsp3) is 0.400. The average Bonchev–Trinajstić information content (AvgIpc) is 3.22. The molecule has 0 atom stereocenters. The SMILES string of the molecule is Cn1c(=O)n(CCN2CCOCC2)c2nc(N)n3c(=O)n(Cc4ccccc4)nc3c21. The zero-order valence-corrected chi connectivity index (χ0v) is 17.3. The van der Waals surface area contributed by atoms with Gasteiger partial charge in [0.05, 0.1) is 19.8 Å². The van der Waals surface area contributed by atoms with Gasteiger partial charge in [-0.2, -0.15) is 4.98 Å². The van der Waals surface area contributed by atoms with Gasteiger partial charge in [-0.15, -0.1) is 5.10 Å². The monoisotopic (exact) mass is 424 g/mol. The van der Waals surface area contributed by atoms with E-state index in [4.69, 9.17) is 10.5 Å². The van der Waals surface area contributed by atoms with Gasteiger partial charge in [-0.25, -0.2) is 18.7 Å². The van der Waals surface area contributed by atoms with Crippen LogP contribution in [-0.4, -0.2) is 66.0 Å². The Hall–Kier alpha value is -3.44. The fourth-order valence-electron chi connectivity index (χ4n) is 4.06. The Morgan fingerprint density at radius 3 is 2.52 bits per heavy atom. The van der Waals surface area contributed by atoms with E-state index in [2.05, 4.69) is 15.0 Å². The Bertz CT molecular complexity index is 1360. The maximum absolute atomic E-state index is 13.0. The van der Waals surface area contributed by atoms with E-state index < -0.39 is 0 Å². The molecule has 0 radical (unpaired) electrons. The highest BCUT2D eigenvalue weighted by atomic mass is 16.5. The predicted molar refractivity (Wildman–Crippen MR) is 115 cm³/mol. The molecule has 1 aliphatic heterocycles. The molecule has 11 heteroatoms. The number of fused-ring (bicyclic) bond motifs is 3. The summed E-state index contributed by atoms with van der Waals surface area (Å²) in [4.78, 5) is 32.6. The standard InChI is InChI=1S/C20H24N8O3/c1-24-15-16(26(19(24)29)8-7-25-9-11-31-12-10-25)22-18(21)28-17(15)23-27(20(28)30)13-14-5-3-2-4-6-14/h2-6H,7-13H2,1H3,(H2,21,22). The van der Waals surface area contributed by atoms with Crippen molar-refractivity contribution < 1.29 is 4.74 Å². The number of anilines is 1. The van der Waals surface area contributed by atoms with Gasteiger partial charge < -0.3 is 10.5 Å². The molecule has 0 aliphatic carbocycles. The van der Waals surface area contributed by atoms with E-state index in [-0.39, 0.29) is 17.3 Å². The molecule has 3 aromatic heterocycles. The molecular formula is C20H24N8O3. The number of ether oxygens (including phenoxy) is 1. The number of hydrogen-bond acceptors (Lipinski definition) is 7. The topological polar surface area (TPSA) is 118 Å². The van der Waals surface area contributed by atoms with Crippen LogP contribution in [0.2, 0.25) is 0 Å². The molecule has 1 aliphatic rings. The molecule has 1 fully saturated rings. The number of morpholine rings is 1. The zero-order chi connectivity index (χ0) is 21.5. The van der Waals surface area contributed by atoms with Crippen molar-refractivity contribution in [3.8, 4) is 0 Å². The Balaban J connectivity index is 1.60. The number of hydrogen-bond donors (Lipinski definition) is 1. The highest BCUT2D eigenvalue weighted by molar-refractivity contribution is 5.87. The van der Waals surface area contributed by atoms with E-state index in [0.29, 0.717) is 49.7 Å². The molecular weight excluding hydrogens is 400 g/mol. The van der Waals surface area contributed by atoms with Crippen molar-refractivity contribution in [2.45, 2.75) is 13.1 Å². The molecule has 31 heavy (non-hydrogen) atoms. The highest BCUT2D eigenvalue weighted by Crippen LogP contribution is 2.17. The second-order valence-corrected chi connectivity index (χ2v) is 7.67. The van der Waals surface area contributed by atoms with Crippen LogP contribution in [0.15, 0.2) is 39.9 Å². The van der Waals surface area contributed by atoms with Crippen LogP contribution in [0.25, 0.3) is 16.8 Å². The Morgan fingerprint density at radius 2 is 1.77 bits per heavy atom. The lowest BCUT2D eigenvalue weighted by Crippen LogP contribution is -2.39. The lowest BCUT2D eigenvalue weighted by molar-refractivity contribution is 0.0364. The van der Waals surface area contributed by atoms with Crippen LogP contribution >= 0.6 is 0 Å². The van der Waals surface area contributed by atoms with Crippen LogP contribution < -0.4 is 17.1 Å². The molecule has 0 unspecified atom stereocenters. The summed E-state index contributed by atoms with van der Waals surface area (Å²) in [5.41, 5.74) is 7.73. The minimum Gasteiger partial charge on any atom is -0.379 e. The third-order valence-electron chi connectivity index (χ3n) is 5.74. The molecule has 1 saturated heterocycles. The van der Waals surface area contributed by atoms with Gasteiger partial charge in [0.15, 0.2) is 11.3 Å². The van der Waals surface area contributed by atoms with Crippen LogP contribution in [0.4, 0.5) is 5.95 Å². The summed E-state index contributed by atoms with van der Waals surface area (Å²) in [5, 5.41) is 4.51. The number of imidazole rings is 1. The minimum absolute atomic E-state index is 0.0116. The van der Waals surface area contributed by atoms with E-state index in [1.807, 2.05) is 30.3 Å². The first-order valence-electron chi connectivity index (χ1n) is 10.2. The van der Waals surface area contributed by atoms with Gasteiger partial charge in [0.1, 0.15) is 5.52 Å². The van der Waals surface area contributed by atoms with E-state index >= 15 is 0 Å². The Kier molecular flexibility index (Phi) is 4.83. The number of rotatable bonds is 5. The molecule has 11 nitrogen and oxygen atoms in total. The van der Waals surface area contributed by atoms with Crippen LogP contribution in [0.3, 0.4) is 0 Å². The summed E-state index contributed by atoms with van der Waals surface area (Å²) in [6, 6.07) is 9.57. The Labute approximate surface area is 176 Å². The van der Waals surface area contributed by atoms with Crippen LogP contribution in [0, 0.1) is 0 Å². The molecule has 4 aromatic rings. The zero-order valence-electron chi connectivity index (χ0n) is 17.3. The normalized spacial score (nSPS) is 15.3. The fourth-order valence-corrected chi connectivity index (χ4v) is 4.06. The summed E-state index contributed by atoms with van der Waals surface area (Å²) >= 11 is 0. The van der Waals surface area contributed by atoms with Crippen molar-refractivity contribution in [2.75, 3.05) is 38.6 Å². The number of nitrogens with two attached hydrogens (primary N) is 1. The first-order chi connectivity index (χ1) is 15.0. The molecule has 162 valence electrons. The number of aryl methyl sites for hydroxylation is 1. The first kappa shape index (κ1) is 19.5. The van der Waals surface area contributed by atoms with Crippen LogP contribution in [0.1, 0.15) is 5.56 Å². The maximum Gasteiger partial charge on any atom is 0.353 e. The van der Waals surface area contributed by atoms with Gasteiger partial charge in [0, 0.05) is 33.2 Å². The lowest BCUT2D eigenvalue weighted by atomic mass is 10.2. The predicted octanol–water partition coefficient (Wildman–Crippen LogP) is -0.493. The molecule has 0 spiro atoms. The van der Waals surface area contributed by atoms with Crippen molar-refractivity contribution in [3.05, 3.63) is 56.9 Å². The van der Waals surface area contributed by atoms with Crippen molar-refractivity contribution in [1.82, 2.24) is 33.2 Å². The number of aromatic nitrogens is 6. The third-order valence-corrected chi connectivity index (χ3v) is 5.74. The molecule has 1 aromatic carbocycles. The van der Waals surface area contributed by atoms with Crippen molar-refractivity contribution in [3.63, 3.8) is 0 Å². The number of nitrogens with zero attached hydrogens (tertiary/aromatic N) is 7. The van der Waals surface area contributed by atoms with Gasteiger partial charge in [0.2, 0.25) is 5.95 Å². The first-order valence-corrected chi connectivity index (χ1v) is 10.2. The molecule has 0 saturated carbocycles. The highest BCUT2D eigenvalue weighted by Gasteiger charge is 2.22. The van der Waals surface area contributed by atoms with E-state index in [0.717, 1.165) is 18.7 Å². The summed E-state index contributed by atoms with van der Waals surface area (Å²) < 4.78 is 11.1. The molecule has 5 rings (SSSR count). The van der Waals surface area contributed by atoms with Crippen molar-refractivity contribution in [1.29, 1.82) is 0 Å². The number of nitrogen functional groups attached to an aromatic ring is 1. The van der Waals surface area contributed by atoms with E-state index in [1.165, 1.54) is 13.6 Å². The molecule has 0 bridgehead atoms. The summed E-state index contributed by atoms with van der Waals surface area (Å²) in [7, 11) is 1.66. The summed E-state index contributed by atoms with van der Waals surface area (Å²) in [6.45, 7) is 4.51. The molecule has 0 amide bonds. The second-order valence-electron chi connectivity index (χ2n) is 7.67. The number of benzene rings is 1. The Morgan fingerprint density at radius 1 is 1.03 bits per heavy atom. The maximum atomic E-state index is 13.0. The molecule has 2 N–H and O–H groups in total. The van der Waals surface area contributed by atoms with Crippen molar-refractivity contribution >= 4 is 22.8 Å². The summed E-state index contributed by atoms with van der Waals surface area (Å²) in [5.74, 6) is 0.0116. The smallest absolute Gasteiger partial charge is 0.353 e. The average molecular weight is 424 g/mol. The van der Waals surface area contributed by atoms with E-state index in [1.54, 1.807) is 11.6 Å². The summed E-state index contributed by atoms with van der Waals surface area (Å²) in [6.07, 6.45) is 0. The van der Waals surface area contributed by atoms with Gasteiger partial charge in [-0.3, -0.25) is 14.0 Å².